The fraction of sp³-hybridized carbons (Fsp3) is 0.310. The number of anilines is 1. The largest absolute Gasteiger partial charge is 0.416 e. The summed E-state index contributed by atoms with van der Waals surface area (Å²) in [5, 5.41) is 3.05. The first kappa shape index (κ1) is 32.0. The van der Waals surface area contributed by atoms with Gasteiger partial charge in [0.25, 0.3) is 10.0 Å². The number of benzene rings is 3. The molecule has 3 aromatic carbocycles. The van der Waals surface area contributed by atoms with Gasteiger partial charge in [-0.05, 0) is 69.7 Å². The summed E-state index contributed by atoms with van der Waals surface area (Å²) in [6, 6.07) is 14.8. The lowest BCUT2D eigenvalue weighted by atomic mass is 10.1. The van der Waals surface area contributed by atoms with Crippen LogP contribution in [0.2, 0.25) is 5.02 Å². The minimum atomic E-state index is -4.75. The van der Waals surface area contributed by atoms with Gasteiger partial charge < -0.3 is 10.2 Å². The van der Waals surface area contributed by atoms with Gasteiger partial charge in [0.05, 0.1) is 16.1 Å². The maximum Gasteiger partial charge on any atom is 0.416 e. The van der Waals surface area contributed by atoms with Crippen LogP contribution in [-0.2, 0) is 32.3 Å². The Morgan fingerprint density at radius 3 is 2.17 bits per heavy atom. The average molecular weight is 610 g/mol. The molecule has 41 heavy (non-hydrogen) atoms. The number of hydrogen-bond donors (Lipinski definition) is 1. The molecule has 1 atom stereocenters. The Morgan fingerprint density at radius 2 is 1.59 bits per heavy atom. The number of nitrogens with one attached hydrogen (secondary N) is 1. The summed E-state index contributed by atoms with van der Waals surface area (Å²) in [4.78, 5) is 27.7. The van der Waals surface area contributed by atoms with Crippen molar-refractivity contribution in [3.63, 3.8) is 0 Å². The van der Waals surface area contributed by atoms with E-state index in [2.05, 4.69) is 5.32 Å². The minimum absolute atomic E-state index is 0.147. The van der Waals surface area contributed by atoms with Crippen molar-refractivity contribution in [1.82, 2.24) is 10.2 Å². The van der Waals surface area contributed by atoms with Crippen LogP contribution in [0.4, 0.5) is 18.9 Å². The molecular weight excluding hydrogens is 579 g/mol. The lowest BCUT2D eigenvalue weighted by Crippen LogP contribution is -2.52. The van der Waals surface area contributed by atoms with Gasteiger partial charge >= 0.3 is 6.18 Å². The number of halogens is 4. The van der Waals surface area contributed by atoms with E-state index >= 15 is 0 Å². The summed E-state index contributed by atoms with van der Waals surface area (Å²) in [7, 11) is -4.52. The zero-order valence-electron chi connectivity index (χ0n) is 22.9. The second-order valence-corrected chi connectivity index (χ2v) is 12.1. The van der Waals surface area contributed by atoms with Gasteiger partial charge in [-0.2, -0.15) is 13.2 Å². The highest BCUT2D eigenvalue weighted by molar-refractivity contribution is 7.92. The quantitative estimate of drug-likeness (QED) is 0.315. The van der Waals surface area contributed by atoms with Crippen LogP contribution in [0.15, 0.2) is 77.7 Å². The minimum Gasteiger partial charge on any atom is -0.352 e. The van der Waals surface area contributed by atoms with Crippen LogP contribution in [0.3, 0.4) is 0 Å². The molecular formula is C29H31ClF3N3O4S. The molecule has 0 heterocycles. The van der Waals surface area contributed by atoms with E-state index in [1.54, 1.807) is 57.2 Å². The van der Waals surface area contributed by atoms with Crippen molar-refractivity contribution < 1.29 is 31.2 Å². The molecule has 7 nitrogen and oxygen atoms in total. The van der Waals surface area contributed by atoms with E-state index in [1.165, 1.54) is 25.1 Å². The van der Waals surface area contributed by atoms with E-state index in [-0.39, 0.29) is 23.2 Å². The lowest BCUT2D eigenvalue weighted by Gasteiger charge is -2.32. The fourth-order valence-corrected chi connectivity index (χ4v) is 5.60. The van der Waals surface area contributed by atoms with Gasteiger partial charge in [0.2, 0.25) is 11.8 Å². The maximum absolute atomic E-state index is 13.9. The number of hydrogen-bond acceptors (Lipinski definition) is 4. The van der Waals surface area contributed by atoms with Crippen molar-refractivity contribution >= 4 is 39.1 Å². The van der Waals surface area contributed by atoms with E-state index in [1.807, 2.05) is 0 Å². The second-order valence-electron chi connectivity index (χ2n) is 9.83. The van der Waals surface area contributed by atoms with Crippen molar-refractivity contribution in [3.05, 3.63) is 94.5 Å². The number of nitrogens with zero attached hydrogens (tertiary/aromatic N) is 2. The molecule has 1 N–H and O–H groups in total. The van der Waals surface area contributed by atoms with Gasteiger partial charge in [-0.1, -0.05) is 53.6 Å². The molecule has 0 aliphatic heterocycles. The highest BCUT2D eigenvalue weighted by atomic mass is 35.5. The van der Waals surface area contributed by atoms with Crippen molar-refractivity contribution in [3.8, 4) is 0 Å². The first-order valence-corrected chi connectivity index (χ1v) is 14.5. The monoisotopic (exact) mass is 609 g/mol. The number of sulfonamides is 1. The van der Waals surface area contributed by atoms with Gasteiger partial charge in [0, 0.05) is 17.6 Å². The van der Waals surface area contributed by atoms with Gasteiger partial charge in [-0.3, -0.25) is 13.9 Å². The van der Waals surface area contributed by atoms with Crippen molar-refractivity contribution in [2.45, 2.75) is 57.4 Å². The molecule has 3 rings (SSSR count). The number of carbonyl (C=O) groups is 2. The third-order valence-electron chi connectivity index (χ3n) is 6.25. The van der Waals surface area contributed by atoms with Crippen LogP contribution < -0.4 is 9.62 Å². The summed E-state index contributed by atoms with van der Waals surface area (Å²) in [6.07, 6.45) is -4.75. The fourth-order valence-electron chi connectivity index (χ4n) is 4.00. The maximum atomic E-state index is 13.9. The predicted octanol–water partition coefficient (Wildman–Crippen LogP) is 5.80. The van der Waals surface area contributed by atoms with E-state index in [4.69, 9.17) is 11.6 Å². The Hall–Kier alpha value is -3.57. The van der Waals surface area contributed by atoms with Gasteiger partial charge in [0.15, 0.2) is 0 Å². The second kappa shape index (κ2) is 12.9. The van der Waals surface area contributed by atoms with Crippen LogP contribution in [0, 0.1) is 6.92 Å². The molecule has 220 valence electrons. The summed E-state index contributed by atoms with van der Waals surface area (Å²) in [6.45, 7) is 5.70. The Morgan fingerprint density at radius 1 is 0.951 bits per heavy atom. The van der Waals surface area contributed by atoms with Crippen LogP contribution in [-0.4, -0.2) is 43.8 Å². The molecule has 3 aromatic rings. The van der Waals surface area contributed by atoms with Gasteiger partial charge in [0.1, 0.15) is 12.6 Å². The van der Waals surface area contributed by atoms with Gasteiger partial charge in [-0.25, -0.2) is 8.42 Å². The molecule has 0 aromatic heterocycles. The molecule has 1 unspecified atom stereocenters. The third kappa shape index (κ3) is 8.01. The lowest BCUT2D eigenvalue weighted by molar-refractivity contribution is -0.139. The highest BCUT2D eigenvalue weighted by Crippen LogP contribution is 2.33. The Kier molecular flexibility index (Phi) is 10.1. The zero-order valence-corrected chi connectivity index (χ0v) is 24.5. The van der Waals surface area contributed by atoms with E-state index < -0.39 is 46.2 Å². The summed E-state index contributed by atoms with van der Waals surface area (Å²) >= 11 is 6.32. The Balaban J connectivity index is 2.11. The van der Waals surface area contributed by atoms with E-state index in [9.17, 15) is 31.2 Å². The molecule has 0 aliphatic carbocycles. The summed E-state index contributed by atoms with van der Waals surface area (Å²) in [5.74, 6) is -1.31. The summed E-state index contributed by atoms with van der Waals surface area (Å²) in [5.41, 5.74) is -0.171. The van der Waals surface area contributed by atoms with Crippen molar-refractivity contribution in [1.29, 1.82) is 0 Å². The third-order valence-corrected chi connectivity index (χ3v) is 8.40. The van der Waals surface area contributed by atoms with Crippen molar-refractivity contribution in [2.75, 3.05) is 10.8 Å². The van der Waals surface area contributed by atoms with Crippen LogP contribution in [0.25, 0.3) is 0 Å². The Labute approximate surface area is 243 Å². The molecule has 0 aliphatic rings. The number of carbonyl (C=O) groups excluding carboxylic acids is 2. The molecule has 0 saturated carbocycles. The highest BCUT2D eigenvalue weighted by Gasteiger charge is 2.35. The average Bonchev–Trinajstić information content (AvgIpc) is 2.90. The molecule has 2 amide bonds. The molecule has 12 heteroatoms. The van der Waals surface area contributed by atoms with Crippen molar-refractivity contribution in [2.24, 2.45) is 0 Å². The SMILES string of the molecule is Cc1ccc(S(=O)(=O)N(CC(=O)N(Cc2ccccc2Cl)C(C)C(=O)NC(C)C)c2cccc(C(F)(F)F)c2)cc1. The number of aryl methyl sites for hydroxylation is 1. The Bertz CT molecular complexity index is 1500. The summed E-state index contributed by atoms with van der Waals surface area (Å²) < 4.78 is 68.9. The number of rotatable bonds is 10. The standard InChI is InChI=1S/C29H31ClF3N3O4S/c1-19(2)34-28(38)21(4)35(17-22-8-5-6-11-26(22)30)27(37)18-36(24-10-7-9-23(16-24)29(31,32)33)41(39,40)25-14-12-20(3)13-15-25/h5-16,19,21H,17-18H2,1-4H3,(H,34,38). The molecule has 0 saturated heterocycles. The molecule has 0 spiro atoms. The molecule has 0 radical (unpaired) electrons. The van der Waals surface area contributed by atoms with Crippen LogP contribution >= 0.6 is 11.6 Å². The number of alkyl halides is 3. The molecule has 0 bridgehead atoms. The van der Waals surface area contributed by atoms with Crippen LogP contribution in [0.1, 0.15) is 37.5 Å². The van der Waals surface area contributed by atoms with E-state index in [0.29, 0.717) is 21.0 Å². The number of amides is 2. The first-order valence-electron chi connectivity index (χ1n) is 12.7. The zero-order chi connectivity index (χ0) is 30.5. The predicted molar refractivity (Wildman–Crippen MR) is 152 cm³/mol. The van der Waals surface area contributed by atoms with Gasteiger partial charge in [-0.15, -0.1) is 0 Å². The molecule has 0 fully saturated rings. The first-order chi connectivity index (χ1) is 19.1. The smallest absolute Gasteiger partial charge is 0.352 e. The van der Waals surface area contributed by atoms with Crippen LogP contribution in [0.5, 0.6) is 0 Å². The topological polar surface area (TPSA) is 86.8 Å². The normalized spacial score (nSPS) is 12.6. The van der Waals surface area contributed by atoms with E-state index in [0.717, 1.165) is 22.6 Å².